The van der Waals surface area contributed by atoms with Crippen LogP contribution in [0.2, 0.25) is 0 Å². The van der Waals surface area contributed by atoms with Crippen molar-refractivity contribution in [3.63, 3.8) is 0 Å². The van der Waals surface area contributed by atoms with E-state index in [-0.39, 0.29) is 67.7 Å². The molecule has 35 N–H and O–H groups in total. The van der Waals surface area contributed by atoms with Crippen molar-refractivity contribution in [2.24, 2.45) is 0 Å². The summed E-state index contributed by atoms with van der Waals surface area (Å²) >= 11 is 0. The molecule has 0 aliphatic heterocycles. The van der Waals surface area contributed by atoms with E-state index in [0.29, 0.717) is 0 Å². The predicted octanol–water partition coefficient (Wildman–Crippen LogP) is 3.89. The highest BCUT2D eigenvalue weighted by Gasteiger charge is 1.83. The highest BCUT2D eigenvalue weighted by Crippen LogP contribution is 2.02. The summed E-state index contributed by atoms with van der Waals surface area (Å²) in [5.74, 6) is 0. The molecule has 0 aromatic heterocycles. The SMILES string of the molecule is Cc1ccccc1C.N.N.N.N.N.N.N.N.N.N.N.N=C=O.N=C=O. The molecule has 1 aromatic carbocycles. The molecule has 162 valence electrons. The van der Waals surface area contributed by atoms with Gasteiger partial charge in [-0.05, 0) is 25.0 Å². The first-order valence-electron chi connectivity index (χ1n) is 3.74. The van der Waals surface area contributed by atoms with Crippen molar-refractivity contribution in [2.75, 3.05) is 0 Å². The zero-order valence-electron chi connectivity index (χ0n) is 15.9. The van der Waals surface area contributed by atoms with Crippen LogP contribution in [0.5, 0.6) is 0 Å². The maximum absolute atomic E-state index is 8.35. The molecule has 0 bridgehead atoms. The Morgan fingerprint density at radius 3 is 0.760 bits per heavy atom. The Hall–Kier alpha value is -2.46. The number of isocyanates is 2. The predicted molar refractivity (Wildman–Crippen MR) is 108 cm³/mol. The van der Waals surface area contributed by atoms with E-state index >= 15 is 0 Å². The van der Waals surface area contributed by atoms with Crippen LogP contribution in [0.3, 0.4) is 0 Å². The lowest BCUT2D eigenvalue weighted by atomic mass is 10.1. The average Bonchev–Trinajstić information content (AvgIpc) is 2.13. The van der Waals surface area contributed by atoms with Gasteiger partial charge in [0.25, 0.3) is 0 Å². The molecule has 0 fully saturated rings. The van der Waals surface area contributed by atoms with Gasteiger partial charge in [-0.2, -0.15) is 0 Å². The van der Waals surface area contributed by atoms with Gasteiger partial charge in [-0.15, -0.1) is 0 Å². The fraction of sp³-hybridized carbons (Fsp3) is 0.200. The molecule has 15 nitrogen and oxygen atoms in total. The summed E-state index contributed by atoms with van der Waals surface area (Å²) in [5.41, 5.74) is 2.74. The number of hydrogen-bond donors (Lipinski definition) is 13. The van der Waals surface area contributed by atoms with Crippen molar-refractivity contribution in [3.8, 4) is 0 Å². The molecule has 25 heavy (non-hydrogen) atoms. The Balaban J connectivity index is -0.00000000712. The monoisotopic (exact) mass is 379 g/mol. The molecular weight excluding hydrogens is 334 g/mol. The van der Waals surface area contributed by atoms with Crippen molar-refractivity contribution >= 4 is 12.2 Å². The number of hydrogen-bond acceptors (Lipinski definition) is 15. The second kappa shape index (κ2) is 99.9. The Kier molecular flexibility index (Phi) is 459. The van der Waals surface area contributed by atoms with Gasteiger partial charge in [0.2, 0.25) is 12.2 Å². The minimum atomic E-state index is 0. The Morgan fingerprint density at radius 1 is 0.560 bits per heavy atom. The van der Waals surface area contributed by atoms with Gasteiger partial charge in [0.1, 0.15) is 0 Å². The van der Waals surface area contributed by atoms with E-state index in [1.807, 2.05) is 0 Å². The molecule has 1 rings (SSSR count). The van der Waals surface area contributed by atoms with E-state index in [2.05, 4.69) is 38.1 Å². The summed E-state index contributed by atoms with van der Waals surface area (Å²) in [4.78, 5) is 16.7. The summed E-state index contributed by atoms with van der Waals surface area (Å²) in [6.45, 7) is 4.24. The van der Waals surface area contributed by atoms with Crippen LogP contribution in [-0.2, 0) is 9.59 Å². The van der Waals surface area contributed by atoms with Crippen LogP contribution in [0, 0.1) is 24.7 Å². The van der Waals surface area contributed by atoms with Crippen LogP contribution in [0.4, 0.5) is 0 Å². The van der Waals surface area contributed by atoms with Gasteiger partial charge in [0, 0.05) is 0 Å². The van der Waals surface area contributed by atoms with Gasteiger partial charge < -0.3 is 67.7 Å². The normalized spacial score (nSPS) is 3.60. The highest BCUT2D eigenvalue weighted by molar-refractivity contribution is 5.26. The molecule has 0 aliphatic carbocycles. The largest absolute Gasteiger partial charge is 0.344 e. The fourth-order valence-corrected chi connectivity index (χ4v) is 0.663. The summed E-state index contributed by atoms with van der Waals surface area (Å²) in [6.07, 6.45) is 1.50. The quantitative estimate of drug-likeness (QED) is 0.224. The number of carbonyl (C=O) groups excluding carboxylic acids is 2. The lowest BCUT2D eigenvalue weighted by molar-refractivity contribution is 0.562. The summed E-state index contributed by atoms with van der Waals surface area (Å²) in [6, 6.07) is 8.36. The third-order valence-corrected chi connectivity index (χ3v) is 1.43. The first kappa shape index (κ1) is 115. The zero-order chi connectivity index (χ0) is 11.4. The second-order valence-electron chi connectivity index (χ2n) is 2.29. The number of benzene rings is 1. The maximum atomic E-state index is 8.35. The third-order valence-electron chi connectivity index (χ3n) is 1.43. The van der Waals surface area contributed by atoms with Crippen molar-refractivity contribution in [1.82, 2.24) is 67.7 Å². The number of rotatable bonds is 0. The average molecular weight is 380 g/mol. The van der Waals surface area contributed by atoms with E-state index < -0.39 is 0 Å². The van der Waals surface area contributed by atoms with Crippen LogP contribution in [0.1, 0.15) is 11.1 Å². The minimum Gasteiger partial charge on any atom is -0.344 e. The fourth-order valence-electron chi connectivity index (χ4n) is 0.663. The molecule has 0 radical (unpaired) electrons. The Morgan fingerprint density at radius 2 is 0.680 bits per heavy atom. The topological polar surface area (TPSA) is 467 Å². The maximum Gasteiger partial charge on any atom is 0.231 e. The highest BCUT2D eigenvalue weighted by atomic mass is 16.1. The Bertz CT molecular complexity index is 306. The van der Waals surface area contributed by atoms with Crippen molar-refractivity contribution in [1.29, 1.82) is 10.8 Å². The molecule has 0 spiro atoms. The van der Waals surface area contributed by atoms with Crippen LogP contribution >= 0.6 is 0 Å². The van der Waals surface area contributed by atoms with Gasteiger partial charge in [-0.3, -0.25) is 0 Å². The zero-order valence-corrected chi connectivity index (χ0v) is 15.9. The molecule has 15 heteroatoms. The van der Waals surface area contributed by atoms with E-state index in [1.54, 1.807) is 0 Å². The van der Waals surface area contributed by atoms with Crippen molar-refractivity contribution in [2.45, 2.75) is 13.8 Å². The van der Waals surface area contributed by atoms with Gasteiger partial charge in [0.05, 0.1) is 0 Å². The van der Waals surface area contributed by atoms with E-state index in [4.69, 9.17) is 20.4 Å². The van der Waals surface area contributed by atoms with Crippen molar-refractivity contribution in [3.05, 3.63) is 35.4 Å². The van der Waals surface area contributed by atoms with Crippen LogP contribution in [0.15, 0.2) is 24.3 Å². The molecular formula is C10H45N13O2. The number of nitrogens with one attached hydrogen (secondary N) is 2. The molecule has 0 heterocycles. The van der Waals surface area contributed by atoms with E-state index in [1.165, 1.54) is 11.1 Å². The molecule has 0 unspecified atom stereocenters. The summed E-state index contributed by atoms with van der Waals surface area (Å²) in [7, 11) is 0. The molecule has 0 aliphatic rings. The molecule has 1 aromatic rings. The van der Waals surface area contributed by atoms with Gasteiger partial charge in [-0.25, -0.2) is 20.4 Å². The van der Waals surface area contributed by atoms with Gasteiger partial charge in [0.15, 0.2) is 0 Å². The van der Waals surface area contributed by atoms with Crippen LogP contribution in [0.25, 0.3) is 0 Å². The van der Waals surface area contributed by atoms with E-state index in [9.17, 15) is 0 Å². The first-order chi connectivity index (χ1) is 6.63. The lowest BCUT2D eigenvalue weighted by Crippen LogP contribution is -1.74. The molecule has 0 amide bonds. The van der Waals surface area contributed by atoms with Crippen LogP contribution in [-0.4, -0.2) is 12.2 Å². The standard InChI is InChI=1S/C8H10.2CHNO.11H3N/c1-7-5-3-4-6-8(7)2;2*2-1-3;;;;;;;;;;;/h3-6H,1-2H3;2*2H;11*1H3. The smallest absolute Gasteiger partial charge is 0.231 e. The molecule has 0 saturated carbocycles. The summed E-state index contributed by atoms with van der Waals surface area (Å²) < 4.78 is 0. The first-order valence-corrected chi connectivity index (χ1v) is 3.74. The van der Waals surface area contributed by atoms with Crippen LogP contribution < -0.4 is 67.7 Å². The van der Waals surface area contributed by atoms with E-state index in [0.717, 1.165) is 12.2 Å². The van der Waals surface area contributed by atoms with Gasteiger partial charge >= 0.3 is 0 Å². The Labute approximate surface area is 150 Å². The lowest BCUT2D eigenvalue weighted by Gasteiger charge is -1.93. The molecule has 0 saturated heterocycles. The van der Waals surface area contributed by atoms with Crippen molar-refractivity contribution < 1.29 is 9.59 Å². The summed E-state index contributed by atoms with van der Waals surface area (Å²) in [5, 5.41) is 10.8. The third kappa shape index (κ3) is 113. The minimum absolute atomic E-state index is 0. The van der Waals surface area contributed by atoms with Gasteiger partial charge in [-0.1, -0.05) is 24.3 Å². The second-order valence-corrected chi connectivity index (χ2v) is 2.29. The number of aryl methyl sites for hydroxylation is 2. The molecule has 0 atom stereocenters.